The molecule has 11 atom stereocenters. The van der Waals surface area contributed by atoms with Crippen LogP contribution in [0.2, 0.25) is 0 Å². The molecule has 15 heteroatoms. The number of benzene rings is 3. The van der Waals surface area contributed by atoms with E-state index in [9.17, 15) is 39.3 Å². The van der Waals surface area contributed by atoms with Gasteiger partial charge in [-0.25, -0.2) is 9.59 Å². The van der Waals surface area contributed by atoms with E-state index in [1.807, 2.05) is 0 Å². The molecule has 15 nitrogen and oxygen atoms in total. The molecule has 5 aliphatic rings. The Balaban J connectivity index is 1.37. The van der Waals surface area contributed by atoms with Crippen molar-refractivity contribution in [1.82, 2.24) is 5.32 Å². The van der Waals surface area contributed by atoms with E-state index < -0.39 is 113 Å². The summed E-state index contributed by atoms with van der Waals surface area (Å²) in [5, 5.41) is 40.8. The van der Waals surface area contributed by atoms with Gasteiger partial charge in [0.15, 0.2) is 23.6 Å². The highest BCUT2D eigenvalue weighted by Crippen LogP contribution is 2.64. The summed E-state index contributed by atoms with van der Waals surface area (Å²) in [6.07, 6.45) is -7.98. The number of aliphatic hydroxyl groups is 3. The Morgan fingerprint density at radius 2 is 1.50 bits per heavy atom. The number of amides is 1. The van der Waals surface area contributed by atoms with Crippen LogP contribution in [-0.2, 0) is 42.9 Å². The molecule has 0 unspecified atom stereocenters. The smallest absolute Gasteiger partial charge is 0.338 e. The van der Waals surface area contributed by atoms with Crippen LogP contribution in [0.4, 0.5) is 0 Å². The summed E-state index contributed by atoms with van der Waals surface area (Å²) in [5.41, 5.74) is -6.78. The van der Waals surface area contributed by atoms with Crippen molar-refractivity contribution in [2.45, 2.75) is 108 Å². The number of ketones is 1. The molecule has 3 aromatic rings. The van der Waals surface area contributed by atoms with E-state index in [0.717, 1.165) is 6.92 Å². The molecule has 0 aromatic heterocycles. The fourth-order valence-electron chi connectivity index (χ4n) is 10.7. The van der Waals surface area contributed by atoms with E-state index in [2.05, 4.69) is 5.32 Å². The number of carbonyl (C=O) groups excluding carboxylic acids is 6. The Morgan fingerprint density at radius 1 is 0.859 bits per heavy atom. The molecule has 4 N–H and O–H groups in total. The van der Waals surface area contributed by atoms with Gasteiger partial charge in [-0.05, 0) is 60.4 Å². The van der Waals surface area contributed by atoms with Crippen LogP contribution in [0, 0.1) is 16.7 Å². The molecule has 1 saturated heterocycles. The first-order chi connectivity index (χ1) is 30.3. The Kier molecular flexibility index (Phi) is 11.5. The molecule has 1 amide bonds. The van der Waals surface area contributed by atoms with Gasteiger partial charge in [0, 0.05) is 30.7 Å². The second-order valence-electron chi connectivity index (χ2n) is 18.1. The molecular formula is C49H51NO14. The third kappa shape index (κ3) is 7.14. The Hall–Kier alpha value is -6.00. The van der Waals surface area contributed by atoms with Crippen molar-refractivity contribution in [3.63, 3.8) is 0 Å². The minimum absolute atomic E-state index is 0.000736. The molecule has 1 spiro atoms. The second-order valence-corrected chi connectivity index (χ2v) is 18.1. The van der Waals surface area contributed by atoms with Crippen molar-refractivity contribution >= 4 is 41.6 Å². The first-order valence-corrected chi connectivity index (χ1v) is 21.3. The number of ether oxygens (including phenoxy) is 5. The maximum Gasteiger partial charge on any atom is 0.338 e. The summed E-state index contributed by atoms with van der Waals surface area (Å²) < 4.78 is 30.9. The van der Waals surface area contributed by atoms with Gasteiger partial charge in [-0.3, -0.25) is 19.2 Å². The molecule has 2 aliphatic heterocycles. The van der Waals surface area contributed by atoms with Crippen molar-refractivity contribution in [3.05, 3.63) is 124 Å². The lowest BCUT2D eigenvalue weighted by atomic mass is 9.44. The minimum Gasteiger partial charge on any atom is -0.456 e. The van der Waals surface area contributed by atoms with Crippen molar-refractivity contribution in [1.29, 1.82) is 0 Å². The molecule has 0 radical (unpaired) electrons. The predicted octanol–water partition coefficient (Wildman–Crippen LogP) is 4.13. The summed E-state index contributed by atoms with van der Waals surface area (Å²) >= 11 is 0. The number of fused-ring (bicyclic) bond motifs is 3. The average molecular weight is 878 g/mol. The highest BCUT2D eigenvalue weighted by atomic mass is 16.6. The first-order valence-electron chi connectivity index (χ1n) is 21.3. The summed E-state index contributed by atoms with van der Waals surface area (Å²) in [5.74, 6) is -6.92. The monoisotopic (exact) mass is 877 g/mol. The van der Waals surface area contributed by atoms with Crippen LogP contribution in [0.15, 0.2) is 102 Å². The largest absolute Gasteiger partial charge is 0.456 e. The molecule has 3 fully saturated rings. The zero-order valence-electron chi connectivity index (χ0n) is 36.0. The zero-order valence-corrected chi connectivity index (χ0v) is 36.0. The fraction of sp³-hybridized carbons (Fsp3) is 0.429. The third-order valence-corrected chi connectivity index (χ3v) is 14.2. The molecule has 2 saturated carbocycles. The molecule has 8 rings (SSSR count). The highest BCUT2D eigenvalue weighted by Gasteiger charge is 2.78. The summed E-state index contributed by atoms with van der Waals surface area (Å²) in [4.78, 5) is 85.6. The van der Waals surface area contributed by atoms with Crippen LogP contribution in [0.1, 0.15) is 91.8 Å². The number of rotatable bonds is 5. The van der Waals surface area contributed by atoms with Crippen molar-refractivity contribution in [2.75, 3.05) is 6.61 Å². The van der Waals surface area contributed by atoms with Crippen LogP contribution in [0.5, 0.6) is 0 Å². The summed E-state index contributed by atoms with van der Waals surface area (Å²) in [6.45, 7) is 6.85. The SMILES string of the molecule is CC(=O)O[C@H]1C(=O)[C@@]2(C)[C@@H]3[C@H](OC(=O)c4ccccc4)[C@]4(O)C[C@H](OC(=O)[C@H](O)[C@@H](NC(=O)c5ccccc5)c5ccccc5/C=C/CC(=O)O[C@]35CO[C@@H]5C[C@@H]2O)C(C)=C1C4(C)C. The highest BCUT2D eigenvalue weighted by molar-refractivity contribution is 5.96. The van der Waals surface area contributed by atoms with E-state index >= 15 is 4.79 Å². The number of carbonyl (C=O) groups is 6. The number of Topliss-reactive ketones (excluding diaryl/α,β-unsaturated/α-hetero) is 1. The fourth-order valence-corrected chi connectivity index (χ4v) is 10.7. The maximum absolute atomic E-state index is 15.6. The molecule has 4 bridgehead atoms. The molecule has 3 aromatic carbocycles. The van der Waals surface area contributed by atoms with Gasteiger partial charge in [0.2, 0.25) is 0 Å². The lowest BCUT2D eigenvalue weighted by molar-refractivity contribution is -0.346. The number of aliphatic hydroxyl groups excluding tert-OH is 2. The van der Waals surface area contributed by atoms with Crippen molar-refractivity contribution in [3.8, 4) is 0 Å². The van der Waals surface area contributed by atoms with Crippen LogP contribution in [0.25, 0.3) is 6.08 Å². The van der Waals surface area contributed by atoms with Crippen LogP contribution >= 0.6 is 0 Å². The number of hydrogen-bond donors (Lipinski definition) is 4. The van der Waals surface area contributed by atoms with Gasteiger partial charge in [0.1, 0.15) is 23.9 Å². The zero-order chi connectivity index (χ0) is 45.9. The third-order valence-electron chi connectivity index (χ3n) is 14.2. The Bertz CT molecular complexity index is 2450. The van der Waals surface area contributed by atoms with Crippen molar-refractivity contribution in [2.24, 2.45) is 16.7 Å². The van der Waals surface area contributed by atoms with Crippen LogP contribution < -0.4 is 5.32 Å². The Morgan fingerprint density at radius 3 is 2.14 bits per heavy atom. The molecule has 2 heterocycles. The second kappa shape index (κ2) is 16.5. The normalized spacial score (nSPS) is 34.8. The standard InChI is InChI=1S/C49H51NO14/c1-26-32-24-49(59)42(63-44(57)30-18-10-7-11-19-30)40-47(5,41(55)39(61-27(2)51)36(26)46(49,3)4)33(52)23-34-48(40,25-60-34)64-35(53)22-14-20-28-15-12-13-21-31(28)37(38(54)45(58)62-32)50-43(56)29-16-8-6-9-17-29/h6-21,32-34,37-40,42,52,54,59H,22-25H2,1-5H3,(H,50,56)/b20-14+/t32-,33-,34+,37-,38+,39+,40-,42-,47+,48-,49+/m0/s1. The number of nitrogens with one attached hydrogen (secondary N) is 1. The first kappa shape index (κ1) is 44.6. The lowest BCUT2D eigenvalue weighted by Gasteiger charge is -2.67. The van der Waals surface area contributed by atoms with Gasteiger partial charge in [0.05, 0.1) is 42.1 Å². The van der Waals surface area contributed by atoms with E-state index in [4.69, 9.17) is 23.7 Å². The van der Waals surface area contributed by atoms with E-state index in [1.54, 1.807) is 92.7 Å². The van der Waals surface area contributed by atoms with Gasteiger partial charge in [0.25, 0.3) is 5.91 Å². The molecule has 3 aliphatic carbocycles. The minimum atomic E-state index is -2.40. The van der Waals surface area contributed by atoms with Gasteiger partial charge >= 0.3 is 23.9 Å². The predicted molar refractivity (Wildman–Crippen MR) is 226 cm³/mol. The van der Waals surface area contributed by atoms with E-state index in [1.165, 1.54) is 32.1 Å². The summed E-state index contributed by atoms with van der Waals surface area (Å²) in [7, 11) is 0. The molecule has 64 heavy (non-hydrogen) atoms. The number of hydrogen-bond acceptors (Lipinski definition) is 14. The Labute approximate surface area is 369 Å². The average Bonchev–Trinajstić information content (AvgIpc) is 3.26. The summed E-state index contributed by atoms with van der Waals surface area (Å²) in [6, 6.07) is 21.2. The van der Waals surface area contributed by atoms with Crippen LogP contribution in [0.3, 0.4) is 0 Å². The molecule has 336 valence electrons. The van der Waals surface area contributed by atoms with E-state index in [0.29, 0.717) is 5.56 Å². The van der Waals surface area contributed by atoms with Crippen molar-refractivity contribution < 1.29 is 67.8 Å². The van der Waals surface area contributed by atoms with E-state index in [-0.39, 0.29) is 47.3 Å². The number of esters is 4. The van der Waals surface area contributed by atoms with Gasteiger partial charge in [-0.1, -0.05) is 86.7 Å². The van der Waals surface area contributed by atoms with Gasteiger partial charge in [-0.15, -0.1) is 0 Å². The lowest BCUT2D eigenvalue weighted by Crippen LogP contribution is -2.82. The topological polar surface area (TPSA) is 221 Å². The maximum atomic E-state index is 15.6. The molecular weight excluding hydrogens is 827 g/mol. The van der Waals surface area contributed by atoms with Gasteiger partial charge in [-0.2, -0.15) is 0 Å². The quantitative estimate of drug-likeness (QED) is 0.161. The van der Waals surface area contributed by atoms with Crippen LogP contribution in [-0.4, -0.2) is 105 Å². The van der Waals surface area contributed by atoms with Gasteiger partial charge < -0.3 is 44.3 Å².